The van der Waals surface area contributed by atoms with E-state index in [0.29, 0.717) is 5.69 Å². The third kappa shape index (κ3) is 2.14. The van der Waals surface area contributed by atoms with Gasteiger partial charge in [0.05, 0.1) is 5.69 Å². The molecule has 1 heterocycles. The quantitative estimate of drug-likeness (QED) is 0.799. The van der Waals surface area contributed by atoms with Gasteiger partial charge in [0, 0.05) is 0 Å². The smallest absolute Gasteiger partial charge is 0.285 e. The van der Waals surface area contributed by atoms with Gasteiger partial charge < -0.3 is 0 Å². The van der Waals surface area contributed by atoms with Gasteiger partial charge in [-0.05, 0) is 25.2 Å². The molecule has 0 bridgehead atoms. The predicted octanol–water partition coefficient (Wildman–Crippen LogP) is 0.775. The number of benzene rings is 1. The van der Waals surface area contributed by atoms with Crippen molar-refractivity contribution in [3.63, 3.8) is 0 Å². The molecule has 1 aliphatic rings. The van der Waals surface area contributed by atoms with E-state index in [4.69, 9.17) is 0 Å². The molecule has 0 aliphatic carbocycles. The van der Waals surface area contributed by atoms with Crippen LogP contribution in [0, 0.1) is 0 Å². The molecule has 0 aromatic heterocycles. The van der Waals surface area contributed by atoms with E-state index >= 15 is 0 Å². The van der Waals surface area contributed by atoms with Gasteiger partial charge in [-0.15, -0.1) is 0 Å². The van der Waals surface area contributed by atoms with Crippen molar-refractivity contribution in [1.29, 1.82) is 0 Å². The largest absolute Gasteiger partial charge is 0.312 e. The molecular formula is C13H17N3O2. The molecule has 2 rings (SSSR count). The first-order valence-electron chi connectivity index (χ1n) is 6.12. The maximum absolute atomic E-state index is 12.0. The van der Waals surface area contributed by atoms with Crippen molar-refractivity contribution in [2.45, 2.75) is 20.0 Å². The van der Waals surface area contributed by atoms with Gasteiger partial charge in [0.1, 0.15) is 6.17 Å². The number of para-hydroxylation sites is 1. The van der Waals surface area contributed by atoms with Crippen LogP contribution in [0.15, 0.2) is 30.3 Å². The molecule has 1 aromatic carbocycles. The Morgan fingerprint density at radius 3 is 2.33 bits per heavy atom. The fraction of sp³-hybridized carbons (Fsp3) is 0.385. The highest BCUT2D eigenvalue weighted by molar-refractivity contribution is 6.44. The maximum atomic E-state index is 12.0. The Labute approximate surface area is 106 Å². The minimum Gasteiger partial charge on any atom is -0.285 e. The number of hydrazine groups is 1. The van der Waals surface area contributed by atoms with Crippen LogP contribution < -0.4 is 10.4 Å². The van der Waals surface area contributed by atoms with E-state index in [2.05, 4.69) is 5.43 Å². The zero-order chi connectivity index (χ0) is 13.1. The molecule has 5 nitrogen and oxygen atoms in total. The van der Waals surface area contributed by atoms with Crippen molar-refractivity contribution in [3.8, 4) is 0 Å². The summed E-state index contributed by atoms with van der Waals surface area (Å²) in [5, 5.41) is 1.32. The molecule has 18 heavy (non-hydrogen) atoms. The Kier molecular flexibility index (Phi) is 3.74. The third-order valence-electron chi connectivity index (χ3n) is 3.11. The third-order valence-corrected chi connectivity index (χ3v) is 3.11. The zero-order valence-electron chi connectivity index (χ0n) is 10.6. The number of nitrogens with zero attached hydrogens (tertiary/aromatic N) is 2. The van der Waals surface area contributed by atoms with E-state index in [1.54, 1.807) is 12.1 Å². The first-order valence-corrected chi connectivity index (χ1v) is 6.12. The molecule has 0 spiro atoms. The molecule has 1 atom stereocenters. The topological polar surface area (TPSA) is 52.6 Å². The van der Waals surface area contributed by atoms with Gasteiger partial charge in [0.15, 0.2) is 0 Å². The standard InChI is InChI=1S/C13H17N3O2/c1-3-15(4-2)12-11(17)13(18)16(14-12)10-8-6-5-7-9-10/h5-9,12,14H,3-4H2,1-2H3. The number of carbonyl (C=O) groups excluding carboxylic acids is 2. The van der Waals surface area contributed by atoms with Crippen molar-refractivity contribution in [1.82, 2.24) is 10.3 Å². The fourth-order valence-electron chi connectivity index (χ4n) is 2.07. The number of carbonyl (C=O) groups is 2. The van der Waals surface area contributed by atoms with E-state index in [0.717, 1.165) is 13.1 Å². The lowest BCUT2D eigenvalue weighted by Crippen LogP contribution is -2.48. The summed E-state index contributed by atoms with van der Waals surface area (Å²) in [4.78, 5) is 25.8. The summed E-state index contributed by atoms with van der Waals surface area (Å²) < 4.78 is 0. The second-order valence-corrected chi connectivity index (χ2v) is 4.09. The Morgan fingerprint density at radius 2 is 1.78 bits per heavy atom. The van der Waals surface area contributed by atoms with Crippen molar-refractivity contribution in [2.24, 2.45) is 0 Å². The lowest BCUT2D eigenvalue weighted by atomic mass is 10.2. The second-order valence-electron chi connectivity index (χ2n) is 4.09. The molecule has 5 heteroatoms. The fourth-order valence-corrected chi connectivity index (χ4v) is 2.07. The highest BCUT2D eigenvalue weighted by Crippen LogP contribution is 2.17. The minimum atomic E-state index is -0.548. The van der Waals surface area contributed by atoms with E-state index < -0.39 is 17.9 Å². The highest BCUT2D eigenvalue weighted by atomic mass is 16.2. The molecule has 1 fully saturated rings. The molecule has 1 aliphatic heterocycles. The molecule has 1 amide bonds. The summed E-state index contributed by atoms with van der Waals surface area (Å²) in [6.07, 6.45) is -0.548. The van der Waals surface area contributed by atoms with Crippen molar-refractivity contribution in [3.05, 3.63) is 30.3 Å². The first-order chi connectivity index (χ1) is 8.69. The highest BCUT2D eigenvalue weighted by Gasteiger charge is 2.41. The van der Waals surface area contributed by atoms with E-state index in [9.17, 15) is 9.59 Å². The lowest BCUT2D eigenvalue weighted by Gasteiger charge is -2.25. The zero-order valence-corrected chi connectivity index (χ0v) is 10.6. The van der Waals surface area contributed by atoms with Crippen LogP contribution in [0.25, 0.3) is 0 Å². The van der Waals surface area contributed by atoms with Crippen LogP contribution >= 0.6 is 0 Å². The average molecular weight is 247 g/mol. The Hall–Kier alpha value is -1.72. The lowest BCUT2D eigenvalue weighted by molar-refractivity contribution is -0.136. The van der Waals surface area contributed by atoms with E-state index in [-0.39, 0.29) is 0 Å². The summed E-state index contributed by atoms with van der Waals surface area (Å²) in [7, 11) is 0. The summed E-state index contributed by atoms with van der Waals surface area (Å²) in [5.74, 6) is -0.902. The molecule has 1 saturated heterocycles. The molecule has 96 valence electrons. The Morgan fingerprint density at radius 1 is 1.17 bits per heavy atom. The number of Topliss-reactive ketones (excluding diaryl/α,β-unsaturated/α-hetero) is 1. The van der Waals surface area contributed by atoms with Crippen LogP contribution in [-0.2, 0) is 9.59 Å². The van der Waals surface area contributed by atoms with Gasteiger partial charge in [-0.1, -0.05) is 32.0 Å². The summed E-state index contributed by atoms with van der Waals surface area (Å²) in [6, 6.07) is 9.12. The number of ketones is 1. The van der Waals surface area contributed by atoms with E-state index in [1.165, 1.54) is 5.01 Å². The Bertz CT molecular complexity index is 443. The normalized spacial score (nSPS) is 19.9. The number of rotatable bonds is 4. The van der Waals surface area contributed by atoms with Crippen LogP contribution in [0.4, 0.5) is 5.69 Å². The van der Waals surface area contributed by atoms with Crippen LogP contribution in [-0.4, -0.2) is 35.8 Å². The van der Waals surface area contributed by atoms with Crippen LogP contribution in [0.3, 0.4) is 0 Å². The number of hydrogen-bond donors (Lipinski definition) is 1. The molecule has 0 radical (unpaired) electrons. The van der Waals surface area contributed by atoms with Gasteiger partial charge in [-0.3, -0.25) is 14.5 Å². The van der Waals surface area contributed by atoms with Gasteiger partial charge in [-0.2, -0.15) is 0 Å². The maximum Gasteiger partial charge on any atom is 0.312 e. The van der Waals surface area contributed by atoms with Crippen LogP contribution in [0.5, 0.6) is 0 Å². The van der Waals surface area contributed by atoms with Gasteiger partial charge in [-0.25, -0.2) is 10.4 Å². The molecule has 0 saturated carbocycles. The Balaban J connectivity index is 2.22. The van der Waals surface area contributed by atoms with Crippen LogP contribution in [0.2, 0.25) is 0 Å². The molecule has 1 N–H and O–H groups in total. The van der Waals surface area contributed by atoms with Crippen molar-refractivity contribution < 1.29 is 9.59 Å². The average Bonchev–Trinajstić information content (AvgIpc) is 2.70. The monoisotopic (exact) mass is 247 g/mol. The van der Waals surface area contributed by atoms with E-state index in [1.807, 2.05) is 36.9 Å². The first kappa shape index (κ1) is 12.7. The molecular weight excluding hydrogens is 230 g/mol. The van der Waals surface area contributed by atoms with Crippen LogP contribution in [0.1, 0.15) is 13.8 Å². The molecule has 1 aromatic rings. The number of nitrogens with one attached hydrogen (secondary N) is 1. The summed E-state index contributed by atoms with van der Waals surface area (Å²) in [6.45, 7) is 5.37. The minimum absolute atomic E-state index is 0.400. The SMILES string of the molecule is CCN(CC)C1NN(c2ccccc2)C(=O)C1=O. The van der Waals surface area contributed by atoms with Crippen molar-refractivity contribution >= 4 is 17.4 Å². The van der Waals surface area contributed by atoms with Gasteiger partial charge in [0.2, 0.25) is 0 Å². The molecule has 1 unspecified atom stereocenters. The van der Waals surface area contributed by atoms with Gasteiger partial charge >= 0.3 is 5.91 Å². The number of likely N-dealkylation sites (N-methyl/N-ethyl adjacent to an activating group) is 1. The van der Waals surface area contributed by atoms with Gasteiger partial charge in [0.25, 0.3) is 5.78 Å². The van der Waals surface area contributed by atoms with Crippen molar-refractivity contribution in [2.75, 3.05) is 18.1 Å². The number of anilines is 1. The second kappa shape index (κ2) is 5.29. The summed E-state index contributed by atoms with van der Waals surface area (Å²) in [5.41, 5.74) is 3.65. The summed E-state index contributed by atoms with van der Waals surface area (Å²) >= 11 is 0. The predicted molar refractivity (Wildman–Crippen MR) is 68.8 cm³/mol. The number of amides is 1. The number of hydrogen-bond acceptors (Lipinski definition) is 4.